The second-order valence-corrected chi connectivity index (χ2v) is 9.67. The minimum absolute atomic E-state index is 0.0698. The van der Waals surface area contributed by atoms with Crippen molar-refractivity contribution < 1.29 is 32.2 Å². The van der Waals surface area contributed by atoms with Crippen LogP contribution in [0.25, 0.3) is 0 Å². The van der Waals surface area contributed by atoms with Crippen molar-refractivity contribution in [3.05, 3.63) is 54.1 Å². The fourth-order valence-electron chi connectivity index (χ4n) is 3.22. The molecular weight excluding hydrogens is 448 g/mol. The number of rotatable bonds is 9. The number of carbonyl (C=O) groups is 2. The highest BCUT2D eigenvalue weighted by Gasteiger charge is 2.31. The molecule has 2 atom stereocenters. The first kappa shape index (κ1) is 24.5. The van der Waals surface area contributed by atoms with Gasteiger partial charge in [0.2, 0.25) is 10.0 Å². The van der Waals surface area contributed by atoms with Crippen LogP contribution >= 0.6 is 0 Å². The molecule has 2 aromatic carbocycles. The Balaban J connectivity index is 1.61. The molecule has 2 N–H and O–H groups in total. The van der Waals surface area contributed by atoms with Crippen LogP contribution in [0.2, 0.25) is 0 Å². The van der Waals surface area contributed by atoms with Crippen LogP contribution in [0.5, 0.6) is 11.5 Å². The third-order valence-electron chi connectivity index (χ3n) is 5.05. The zero-order valence-corrected chi connectivity index (χ0v) is 19.6. The molecule has 0 aromatic heterocycles. The van der Waals surface area contributed by atoms with Gasteiger partial charge in [0, 0.05) is 6.07 Å². The van der Waals surface area contributed by atoms with Gasteiger partial charge in [-0.1, -0.05) is 44.2 Å². The summed E-state index contributed by atoms with van der Waals surface area (Å²) < 4.78 is 44.1. The number of nitrogens with one attached hydrogen (secondary N) is 2. The summed E-state index contributed by atoms with van der Waals surface area (Å²) in [5, 5.41) is 2.74. The molecule has 1 amide bonds. The van der Waals surface area contributed by atoms with E-state index in [0.717, 1.165) is 5.56 Å². The molecule has 0 aliphatic carbocycles. The van der Waals surface area contributed by atoms with E-state index >= 15 is 0 Å². The van der Waals surface area contributed by atoms with Crippen LogP contribution in [-0.4, -0.2) is 46.2 Å². The van der Waals surface area contributed by atoms with Crippen molar-refractivity contribution in [3.8, 4) is 11.5 Å². The summed E-state index contributed by atoms with van der Waals surface area (Å²) in [6.07, 6.45) is 0. The summed E-state index contributed by atoms with van der Waals surface area (Å²) in [5.41, 5.74) is 0.907. The summed E-state index contributed by atoms with van der Waals surface area (Å²) in [6.45, 7) is 5.34. The minimum atomic E-state index is -4.06. The number of amides is 1. The molecule has 0 saturated heterocycles. The molecule has 33 heavy (non-hydrogen) atoms. The topological polar surface area (TPSA) is 120 Å². The van der Waals surface area contributed by atoms with Gasteiger partial charge in [0.05, 0.1) is 10.9 Å². The molecule has 0 bridgehead atoms. The predicted molar refractivity (Wildman–Crippen MR) is 120 cm³/mol. The molecule has 1 heterocycles. The van der Waals surface area contributed by atoms with Crippen LogP contribution in [0.4, 0.5) is 0 Å². The zero-order valence-electron chi connectivity index (χ0n) is 18.7. The molecule has 178 valence electrons. The van der Waals surface area contributed by atoms with E-state index in [4.69, 9.17) is 14.2 Å². The largest absolute Gasteiger partial charge is 0.486 e. The minimum Gasteiger partial charge on any atom is -0.486 e. The van der Waals surface area contributed by atoms with Gasteiger partial charge >= 0.3 is 5.97 Å². The zero-order chi connectivity index (χ0) is 24.0. The Morgan fingerprint density at radius 2 is 1.67 bits per heavy atom. The summed E-state index contributed by atoms with van der Waals surface area (Å²) in [4.78, 5) is 24.8. The van der Waals surface area contributed by atoms with E-state index in [0.29, 0.717) is 24.7 Å². The maximum Gasteiger partial charge on any atom is 0.324 e. The maximum absolute atomic E-state index is 12.9. The lowest BCUT2D eigenvalue weighted by Crippen LogP contribution is -2.46. The van der Waals surface area contributed by atoms with Crippen molar-refractivity contribution >= 4 is 21.9 Å². The molecule has 3 rings (SSSR count). The number of sulfonamides is 1. The first-order valence-corrected chi connectivity index (χ1v) is 12.1. The lowest BCUT2D eigenvalue weighted by atomic mass is 10.1. The summed E-state index contributed by atoms with van der Waals surface area (Å²) in [7, 11) is -4.06. The van der Waals surface area contributed by atoms with Crippen molar-refractivity contribution in [2.75, 3.05) is 19.8 Å². The maximum atomic E-state index is 12.9. The monoisotopic (exact) mass is 476 g/mol. The standard InChI is InChI=1S/C23H28N2O7S/c1-15(2)22(23(27)32-14-21(26)24-16(3)17-7-5-4-6-8-17)25-33(28,29)18-9-10-19-20(13-18)31-12-11-30-19/h4-10,13,15-16,22,25H,11-12,14H2,1-3H3,(H,24,26)/t16?,22-/m0/s1. The molecule has 0 spiro atoms. The number of carbonyl (C=O) groups excluding carboxylic acids is 2. The van der Waals surface area contributed by atoms with Gasteiger partial charge in [-0.05, 0) is 30.5 Å². The van der Waals surface area contributed by atoms with Gasteiger partial charge in [0.1, 0.15) is 19.3 Å². The van der Waals surface area contributed by atoms with Crippen molar-refractivity contribution in [2.24, 2.45) is 5.92 Å². The highest BCUT2D eigenvalue weighted by molar-refractivity contribution is 7.89. The molecule has 0 fully saturated rings. The van der Waals surface area contributed by atoms with Crippen molar-refractivity contribution in [3.63, 3.8) is 0 Å². The predicted octanol–water partition coefficient (Wildman–Crippen LogP) is 2.18. The van der Waals surface area contributed by atoms with Crippen LogP contribution in [0.1, 0.15) is 32.4 Å². The van der Waals surface area contributed by atoms with Crippen LogP contribution in [-0.2, 0) is 24.3 Å². The van der Waals surface area contributed by atoms with Crippen LogP contribution < -0.4 is 19.5 Å². The number of hydrogen-bond donors (Lipinski definition) is 2. The third kappa shape index (κ3) is 6.45. The highest BCUT2D eigenvalue weighted by Crippen LogP contribution is 2.32. The second-order valence-electron chi connectivity index (χ2n) is 7.96. The molecule has 1 aliphatic rings. The normalized spacial score (nSPS) is 14.9. The SMILES string of the molecule is CC(NC(=O)COC(=O)[C@@H](NS(=O)(=O)c1ccc2c(c1)OCCO2)C(C)C)c1ccccc1. The molecule has 9 nitrogen and oxygen atoms in total. The van der Waals surface area contributed by atoms with E-state index in [2.05, 4.69) is 10.0 Å². The van der Waals surface area contributed by atoms with Gasteiger partial charge in [-0.25, -0.2) is 8.42 Å². The number of esters is 1. The Labute approximate surface area is 193 Å². The van der Waals surface area contributed by atoms with Crippen molar-refractivity contribution in [1.29, 1.82) is 0 Å². The smallest absolute Gasteiger partial charge is 0.324 e. The van der Waals surface area contributed by atoms with Gasteiger partial charge in [-0.2, -0.15) is 4.72 Å². The quantitative estimate of drug-likeness (QED) is 0.532. The number of benzene rings is 2. The Bertz CT molecular complexity index is 1090. The molecular formula is C23H28N2O7S. The molecule has 0 radical (unpaired) electrons. The summed E-state index contributed by atoms with van der Waals surface area (Å²) in [6, 6.07) is 12.1. The van der Waals surface area contributed by atoms with Gasteiger partial charge in [-0.15, -0.1) is 0 Å². The molecule has 1 unspecified atom stereocenters. The van der Waals surface area contributed by atoms with Crippen molar-refractivity contribution in [2.45, 2.75) is 37.8 Å². The van der Waals surface area contributed by atoms with E-state index in [1.54, 1.807) is 13.8 Å². The van der Waals surface area contributed by atoms with Crippen LogP contribution in [0.3, 0.4) is 0 Å². The summed E-state index contributed by atoms with van der Waals surface area (Å²) in [5.74, 6) is -0.978. The molecule has 10 heteroatoms. The van der Waals surface area contributed by atoms with Crippen LogP contribution in [0, 0.1) is 5.92 Å². The van der Waals surface area contributed by atoms with E-state index in [-0.39, 0.29) is 10.9 Å². The first-order chi connectivity index (χ1) is 15.7. The van der Waals surface area contributed by atoms with E-state index in [1.807, 2.05) is 37.3 Å². The number of fused-ring (bicyclic) bond motifs is 1. The lowest BCUT2D eigenvalue weighted by Gasteiger charge is -2.22. The van der Waals surface area contributed by atoms with E-state index in [9.17, 15) is 18.0 Å². The molecule has 0 saturated carbocycles. The van der Waals surface area contributed by atoms with Crippen molar-refractivity contribution in [1.82, 2.24) is 10.0 Å². The lowest BCUT2D eigenvalue weighted by molar-refractivity contribution is -0.151. The Morgan fingerprint density at radius 3 is 2.33 bits per heavy atom. The second kappa shape index (κ2) is 10.7. The average Bonchev–Trinajstić information content (AvgIpc) is 2.81. The van der Waals surface area contributed by atoms with E-state index in [1.165, 1.54) is 18.2 Å². The van der Waals surface area contributed by atoms with Gasteiger partial charge in [0.15, 0.2) is 18.1 Å². The van der Waals surface area contributed by atoms with E-state index < -0.39 is 40.5 Å². The summed E-state index contributed by atoms with van der Waals surface area (Å²) >= 11 is 0. The average molecular weight is 477 g/mol. The van der Waals surface area contributed by atoms with Gasteiger partial charge in [-0.3, -0.25) is 9.59 Å². The Kier molecular flexibility index (Phi) is 7.93. The van der Waals surface area contributed by atoms with Crippen LogP contribution in [0.15, 0.2) is 53.4 Å². The molecule has 1 aliphatic heterocycles. The third-order valence-corrected chi connectivity index (χ3v) is 6.49. The van der Waals surface area contributed by atoms with Gasteiger partial charge < -0.3 is 19.5 Å². The molecule has 2 aromatic rings. The number of ether oxygens (including phenoxy) is 3. The number of hydrogen-bond acceptors (Lipinski definition) is 7. The Morgan fingerprint density at radius 1 is 1.00 bits per heavy atom. The fraction of sp³-hybridized carbons (Fsp3) is 0.391. The first-order valence-electron chi connectivity index (χ1n) is 10.6. The van der Waals surface area contributed by atoms with Gasteiger partial charge in [0.25, 0.3) is 5.91 Å². The Hall–Kier alpha value is -3.11. The highest BCUT2D eigenvalue weighted by atomic mass is 32.2. The fourth-order valence-corrected chi connectivity index (χ4v) is 4.57.